The molecule has 1 aromatic heterocycles. The van der Waals surface area contributed by atoms with Crippen molar-refractivity contribution in [3.8, 4) is 11.5 Å². The Kier molecular flexibility index (Phi) is 6.22. The van der Waals surface area contributed by atoms with Crippen LogP contribution in [0.4, 0.5) is 5.69 Å². The molecule has 1 unspecified atom stereocenters. The Morgan fingerprint density at radius 2 is 1.81 bits per heavy atom. The minimum atomic E-state index is -3.52. The first-order valence-electron chi connectivity index (χ1n) is 10.0. The first kappa shape index (κ1) is 21.9. The molecule has 0 aliphatic carbocycles. The van der Waals surface area contributed by atoms with Crippen molar-refractivity contribution in [2.45, 2.75) is 12.6 Å². The number of rotatable bonds is 9. The highest BCUT2D eigenvalue weighted by Gasteiger charge is 2.11. The van der Waals surface area contributed by atoms with Gasteiger partial charge in [0.1, 0.15) is 35.5 Å². The van der Waals surface area contributed by atoms with E-state index in [-0.39, 0.29) is 17.9 Å². The lowest BCUT2D eigenvalue weighted by molar-refractivity contribution is 0.130. The van der Waals surface area contributed by atoms with Gasteiger partial charge in [0, 0.05) is 29.8 Å². The van der Waals surface area contributed by atoms with Gasteiger partial charge in [-0.3, -0.25) is 10.0 Å². The van der Waals surface area contributed by atoms with Crippen molar-refractivity contribution in [2.75, 3.05) is 24.1 Å². The summed E-state index contributed by atoms with van der Waals surface area (Å²) in [5, 5.41) is 25.1. The molecule has 32 heavy (non-hydrogen) atoms. The minimum Gasteiger partial charge on any atom is -0.506 e. The number of hydrogen-bond acceptors (Lipinski definition) is 7. The van der Waals surface area contributed by atoms with E-state index >= 15 is 0 Å². The van der Waals surface area contributed by atoms with Crippen molar-refractivity contribution in [2.24, 2.45) is 0 Å². The fraction of sp³-hybridized carbons (Fsp3) is 0.217. The van der Waals surface area contributed by atoms with Gasteiger partial charge in [0.15, 0.2) is 0 Å². The van der Waals surface area contributed by atoms with Crippen LogP contribution >= 0.6 is 0 Å². The summed E-state index contributed by atoms with van der Waals surface area (Å²) in [6, 6.07) is 18.0. The Morgan fingerprint density at radius 1 is 1.03 bits per heavy atom. The monoisotopic (exact) mass is 456 g/mol. The fourth-order valence-corrected chi connectivity index (χ4v) is 4.04. The maximum atomic E-state index is 11.4. The van der Waals surface area contributed by atoms with E-state index < -0.39 is 16.3 Å². The molecule has 0 radical (unpaired) electrons. The molecular formula is C23H24N2O6S. The Balaban J connectivity index is 1.29. The van der Waals surface area contributed by atoms with Crippen LogP contribution in [0.5, 0.6) is 11.5 Å². The van der Waals surface area contributed by atoms with E-state index in [9.17, 15) is 18.6 Å². The van der Waals surface area contributed by atoms with E-state index in [0.717, 1.165) is 28.2 Å². The van der Waals surface area contributed by atoms with E-state index in [4.69, 9.17) is 9.15 Å². The lowest BCUT2D eigenvalue weighted by Gasteiger charge is -2.15. The standard InChI is InChI=1S/C23H24N2O6S/c1-32(28,29)25-19-12-15(6-9-20(19)26)13-23(27)24-10-11-30-16-7-8-18-17-4-2-3-5-21(17)31-22(18)14-16/h2-9,12,14,23-27H,10-11,13H2,1H3. The van der Waals surface area contributed by atoms with Crippen LogP contribution in [-0.4, -0.2) is 44.3 Å². The van der Waals surface area contributed by atoms with Crippen LogP contribution in [0.1, 0.15) is 5.56 Å². The van der Waals surface area contributed by atoms with Gasteiger partial charge in [-0.25, -0.2) is 8.42 Å². The van der Waals surface area contributed by atoms with Gasteiger partial charge in [-0.2, -0.15) is 0 Å². The Hall–Kier alpha value is -3.27. The predicted molar refractivity (Wildman–Crippen MR) is 124 cm³/mol. The molecule has 0 aliphatic heterocycles. The molecule has 8 nitrogen and oxygen atoms in total. The first-order chi connectivity index (χ1) is 15.3. The number of benzene rings is 3. The number of nitrogens with one attached hydrogen (secondary N) is 2. The van der Waals surface area contributed by atoms with Crippen molar-refractivity contribution in [1.82, 2.24) is 5.32 Å². The molecular weight excluding hydrogens is 432 g/mol. The number of ether oxygens (including phenoxy) is 1. The molecule has 4 N–H and O–H groups in total. The molecule has 168 valence electrons. The molecule has 0 saturated carbocycles. The molecule has 4 aromatic rings. The average molecular weight is 457 g/mol. The minimum absolute atomic E-state index is 0.0708. The lowest BCUT2D eigenvalue weighted by Crippen LogP contribution is -2.34. The average Bonchev–Trinajstić information content (AvgIpc) is 3.10. The van der Waals surface area contributed by atoms with Gasteiger partial charge >= 0.3 is 0 Å². The number of furan rings is 1. The SMILES string of the molecule is CS(=O)(=O)Nc1cc(CC(O)NCCOc2ccc3c(c2)oc2ccccc23)ccc1O. The summed E-state index contributed by atoms with van der Waals surface area (Å²) < 4.78 is 36.6. The zero-order valence-corrected chi connectivity index (χ0v) is 18.2. The quantitative estimate of drug-likeness (QED) is 0.173. The number of aliphatic hydroxyl groups is 1. The summed E-state index contributed by atoms with van der Waals surface area (Å²) in [4.78, 5) is 0. The summed E-state index contributed by atoms with van der Waals surface area (Å²) in [5.41, 5.74) is 2.31. The van der Waals surface area contributed by atoms with Crippen LogP contribution in [0.25, 0.3) is 21.9 Å². The van der Waals surface area contributed by atoms with Crippen LogP contribution in [0, 0.1) is 0 Å². The molecule has 1 atom stereocenters. The first-order valence-corrected chi connectivity index (χ1v) is 11.9. The van der Waals surface area contributed by atoms with Gasteiger partial charge in [0.05, 0.1) is 11.9 Å². The number of aliphatic hydroxyl groups excluding tert-OH is 1. The number of phenols is 1. The van der Waals surface area contributed by atoms with E-state index in [1.165, 1.54) is 12.1 Å². The van der Waals surface area contributed by atoms with E-state index in [0.29, 0.717) is 24.5 Å². The van der Waals surface area contributed by atoms with Crippen molar-refractivity contribution in [3.05, 3.63) is 66.2 Å². The molecule has 0 saturated heterocycles. The van der Waals surface area contributed by atoms with Crippen molar-refractivity contribution in [1.29, 1.82) is 0 Å². The number of aromatic hydroxyl groups is 1. The molecule has 4 rings (SSSR count). The Bertz CT molecular complexity index is 1350. The number of anilines is 1. The Morgan fingerprint density at radius 3 is 2.62 bits per heavy atom. The summed E-state index contributed by atoms with van der Waals surface area (Å²) in [6.07, 6.45) is 0.359. The molecule has 0 aliphatic rings. The lowest BCUT2D eigenvalue weighted by atomic mass is 10.1. The van der Waals surface area contributed by atoms with Crippen LogP contribution in [0.2, 0.25) is 0 Å². The second kappa shape index (κ2) is 9.07. The van der Waals surface area contributed by atoms with Crippen molar-refractivity contribution >= 4 is 37.6 Å². The molecule has 0 spiro atoms. The van der Waals surface area contributed by atoms with Gasteiger partial charge in [-0.15, -0.1) is 0 Å². The number of phenolic OH excluding ortho intramolecular Hbond substituents is 1. The highest BCUT2D eigenvalue weighted by atomic mass is 32.2. The third-order valence-corrected chi connectivity index (χ3v) is 5.48. The number of hydrogen-bond donors (Lipinski definition) is 4. The second-order valence-electron chi connectivity index (χ2n) is 7.50. The van der Waals surface area contributed by atoms with Gasteiger partial charge < -0.3 is 19.4 Å². The molecule has 3 aromatic carbocycles. The van der Waals surface area contributed by atoms with Crippen LogP contribution in [0.15, 0.2) is 65.1 Å². The van der Waals surface area contributed by atoms with Crippen molar-refractivity contribution in [3.63, 3.8) is 0 Å². The predicted octanol–water partition coefficient (Wildman–Crippen LogP) is 3.19. The number of fused-ring (bicyclic) bond motifs is 3. The summed E-state index contributed by atoms with van der Waals surface area (Å²) >= 11 is 0. The molecule has 9 heteroatoms. The maximum absolute atomic E-state index is 11.4. The van der Waals surface area contributed by atoms with Crippen molar-refractivity contribution < 1.29 is 27.8 Å². The van der Waals surface area contributed by atoms with Crippen LogP contribution < -0.4 is 14.8 Å². The molecule has 0 fully saturated rings. The molecule has 0 bridgehead atoms. The van der Waals surface area contributed by atoms with E-state index in [1.807, 2.05) is 42.5 Å². The topological polar surface area (TPSA) is 121 Å². The summed E-state index contributed by atoms with van der Waals surface area (Å²) in [7, 11) is -3.52. The van der Waals surface area contributed by atoms with Crippen LogP contribution in [0.3, 0.4) is 0 Å². The third-order valence-electron chi connectivity index (χ3n) is 4.89. The highest BCUT2D eigenvalue weighted by molar-refractivity contribution is 7.92. The number of para-hydroxylation sites is 1. The Labute approximate surface area is 185 Å². The summed E-state index contributed by atoms with van der Waals surface area (Å²) in [6.45, 7) is 0.727. The third kappa shape index (κ3) is 5.31. The summed E-state index contributed by atoms with van der Waals surface area (Å²) in [5.74, 6) is 0.485. The zero-order valence-electron chi connectivity index (χ0n) is 17.4. The van der Waals surface area contributed by atoms with Gasteiger partial charge in [0.2, 0.25) is 10.0 Å². The molecule has 1 heterocycles. The van der Waals surface area contributed by atoms with Gasteiger partial charge in [0.25, 0.3) is 0 Å². The van der Waals surface area contributed by atoms with Crippen LogP contribution in [-0.2, 0) is 16.4 Å². The second-order valence-corrected chi connectivity index (χ2v) is 9.25. The smallest absolute Gasteiger partial charge is 0.229 e. The van der Waals surface area contributed by atoms with Gasteiger partial charge in [-0.05, 0) is 35.9 Å². The highest BCUT2D eigenvalue weighted by Crippen LogP contribution is 2.31. The van der Waals surface area contributed by atoms with Gasteiger partial charge in [-0.1, -0.05) is 24.3 Å². The maximum Gasteiger partial charge on any atom is 0.229 e. The zero-order chi connectivity index (χ0) is 22.7. The van der Waals surface area contributed by atoms with E-state index in [2.05, 4.69) is 10.0 Å². The normalized spacial score (nSPS) is 12.8. The number of sulfonamides is 1. The fourth-order valence-electron chi connectivity index (χ4n) is 3.48. The molecule has 0 amide bonds. The largest absolute Gasteiger partial charge is 0.506 e. The van der Waals surface area contributed by atoms with E-state index in [1.54, 1.807) is 6.07 Å².